The van der Waals surface area contributed by atoms with Crippen LogP contribution in [0.3, 0.4) is 0 Å². The van der Waals surface area contributed by atoms with E-state index in [4.69, 9.17) is 4.74 Å². The van der Waals surface area contributed by atoms with Gasteiger partial charge in [0.2, 0.25) is 0 Å². The van der Waals surface area contributed by atoms with E-state index in [1.165, 1.54) is 11.1 Å². The molecular weight excluding hydrogens is 210 g/mol. The third kappa shape index (κ3) is 4.61. The number of rotatable bonds is 7. The van der Waals surface area contributed by atoms with Crippen LogP contribution in [0.1, 0.15) is 30.9 Å². The third-order valence-electron chi connectivity index (χ3n) is 2.70. The molecule has 17 heavy (non-hydrogen) atoms. The summed E-state index contributed by atoms with van der Waals surface area (Å²) in [5.41, 5.74) is 2.52. The van der Waals surface area contributed by atoms with Gasteiger partial charge < -0.3 is 10.1 Å². The molecule has 0 aliphatic rings. The maximum absolute atomic E-state index is 5.78. The van der Waals surface area contributed by atoms with E-state index in [0.29, 0.717) is 12.5 Å². The first-order valence-electron chi connectivity index (χ1n) is 6.20. The van der Waals surface area contributed by atoms with Gasteiger partial charge in [-0.2, -0.15) is 0 Å². The molecular formula is C15H23NO. The largest absolute Gasteiger partial charge is 0.492 e. The summed E-state index contributed by atoms with van der Waals surface area (Å²) in [6, 6.07) is 6.44. The summed E-state index contributed by atoms with van der Waals surface area (Å²) in [5.74, 6) is 1.54. The Hall–Kier alpha value is -1.28. The van der Waals surface area contributed by atoms with Gasteiger partial charge in [0.05, 0.1) is 0 Å². The predicted octanol–water partition coefficient (Wildman–Crippen LogP) is 3.27. The summed E-state index contributed by atoms with van der Waals surface area (Å²) < 4.78 is 5.78. The van der Waals surface area contributed by atoms with Gasteiger partial charge in [-0.05, 0) is 30.0 Å². The van der Waals surface area contributed by atoms with E-state index in [9.17, 15) is 0 Å². The summed E-state index contributed by atoms with van der Waals surface area (Å²) in [7, 11) is 0. The molecule has 0 heterocycles. The molecule has 1 N–H and O–H groups in total. The van der Waals surface area contributed by atoms with Gasteiger partial charge in [0.1, 0.15) is 12.4 Å². The maximum atomic E-state index is 5.78. The standard InChI is InChI=1S/C15H23NO/c1-5-8-16-9-10-17-15-11-14(12(2)3)7-6-13(15)4/h5-7,11-12,16H,1,8-10H2,2-4H3. The lowest BCUT2D eigenvalue weighted by atomic mass is 10.0. The molecule has 2 nitrogen and oxygen atoms in total. The first kappa shape index (κ1) is 13.8. The van der Waals surface area contributed by atoms with Crippen LogP contribution >= 0.6 is 0 Å². The Balaban J connectivity index is 2.51. The van der Waals surface area contributed by atoms with Gasteiger partial charge in [0.25, 0.3) is 0 Å². The topological polar surface area (TPSA) is 21.3 Å². The molecule has 1 rings (SSSR count). The molecule has 0 aliphatic heterocycles. The number of nitrogens with one attached hydrogen (secondary N) is 1. The van der Waals surface area contributed by atoms with Crippen LogP contribution < -0.4 is 10.1 Å². The first-order valence-corrected chi connectivity index (χ1v) is 6.20. The Labute approximate surface area is 105 Å². The first-order chi connectivity index (χ1) is 8.15. The zero-order valence-electron chi connectivity index (χ0n) is 11.1. The van der Waals surface area contributed by atoms with Crippen molar-refractivity contribution >= 4 is 0 Å². The zero-order chi connectivity index (χ0) is 12.7. The minimum atomic E-state index is 0.539. The van der Waals surface area contributed by atoms with Crippen LogP contribution in [0.4, 0.5) is 0 Å². The van der Waals surface area contributed by atoms with Crippen molar-refractivity contribution in [1.82, 2.24) is 5.32 Å². The zero-order valence-corrected chi connectivity index (χ0v) is 11.1. The number of hydrogen-bond donors (Lipinski definition) is 1. The quantitative estimate of drug-likeness (QED) is 0.576. The Morgan fingerprint density at radius 1 is 1.41 bits per heavy atom. The molecule has 0 amide bonds. The molecule has 0 bridgehead atoms. The number of aryl methyl sites for hydroxylation is 1. The highest BCUT2D eigenvalue weighted by atomic mass is 16.5. The van der Waals surface area contributed by atoms with Crippen LogP contribution in [-0.2, 0) is 0 Å². The molecule has 0 saturated carbocycles. The Kier molecular flexibility index (Phi) is 5.78. The minimum absolute atomic E-state index is 0.539. The molecule has 1 aromatic carbocycles. The fourth-order valence-electron chi connectivity index (χ4n) is 1.57. The van der Waals surface area contributed by atoms with Crippen LogP contribution in [0.2, 0.25) is 0 Å². The van der Waals surface area contributed by atoms with Crippen LogP contribution in [0.15, 0.2) is 30.9 Å². The summed E-state index contributed by atoms with van der Waals surface area (Å²) in [6.45, 7) is 12.5. The summed E-state index contributed by atoms with van der Waals surface area (Å²) >= 11 is 0. The van der Waals surface area contributed by atoms with E-state index in [2.05, 4.69) is 50.9 Å². The van der Waals surface area contributed by atoms with Gasteiger partial charge in [0.15, 0.2) is 0 Å². The van der Waals surface area contributed by atoms with Crippen molar-refractivity contribution in [2.45, 2.75) is 26.7 Å². The fourth-order valence-corrected chi connectivity index (χ4v) is 1.57. The van der Waals surface area contributed by atoms with Crippen molar-refractivity contribution < 1.29 is 4.74 Å². The van der Waals surface area contributed by atoms with Crippen molar-refractivity contribution in [2.75, 3.05) is 19.7 Å². The Morgan fingerprint density at radius 2 is 2.18 bits per heavy atom. The van der Waals surface area contributed by atoms with Crippen molar-refractivity contribution in [3.05, 3.63) is 42.0 Å². The lowest BCUT2D eigenvalue weighted by Crippen LogP contribution is -2.21. The third-order valence-corrected chi connectivity index (χ3v) is 2.70. The highest BCUT2D eigenvalue weighted by Crippen LogP contribution is 2.24. The Bertz CT molecular complexity index is 358. The predicted molar refractivity (Wildman–Crippen MR) is 73.8 cm³/mol. The van der Waals surface area contributed by atoms with Gasteiger partial charge >= 0.3 is 0 Å². The van der Waals surface area contributed by atoms with Gasteiger partial charge in [0, 0.05) is 13.1 Å². The van der Waals surface area contributed by atoms with Gasteiger partial charge in [-0.25, -0.2) is 0 Å². The average Bonchev–Trinajstić information content (AvgIpc) is 2.30. The molecule has 0 radical (unpaired) electrons. The van der Waals surface area contributed by atoms with Gasteiger partial charge in [-0.1, -0.05) is 32.1 Å². The summed E-state index contributed by atoms with van der Waals surface area (Å²) in [6.07, 6.45) is 1.85. The average molecular weight is 233 g/mol. The summed E-state index contributed by atoms with van der Waals surface area (Å²) in [4.78, 5) is 0. The smallest absolute Gasteiger partial charge is 0.122 e. The number of benzene rings is 1. The van der Waals surface area contributed by atoms with E-state index in [0.717, 1.165) is 18.8 Å². The molecule has 2 heteroatoms. The van der Waals surface area contributed by atoms with Gasteiger partial charge in [-0.15, -0.1) is 6.58 Å². The van der Waals surface area contributed by atoms with E-state index < -0.39 is 0 Å². The highest BCUT2D eigenvalue weighted by molar-refractivity contribution is 5.37. The van der Waals surface area contributed by atoms with E-state index in [1.54, 1.807) is 0 Å². The second-order valence-electron chi connectivity index (χ2n) is 4.52. The SMILES string of the molecule is C=CCNCCOc1cc(C(C)C)ccc1C. The maximum Gasteiger partial charge on any atom is 0.122 e. The highest BCUT2D eigenvalue weighted by Gasteiger charge is 2.04. The lowest BCUT2D eigenvalue weighted by Gasteiger charge is -2.12. The van der Waals surface area contributed by atoms with Crippen molar-refractivity contribution in [3.8, 4) is 5.75 Å². The second kappa shape index (κ2) is 7.13. The molecule has 0 aromatic heterocycles. The van der Waals surface area contributed by atoms with Crippen LogP contribution in [0.25, 0.3) is 0 Å². The minimum Gasteiger partial charge on any atom is -0.492 e. The Morgan fingerprint density at radius 3 is 2.82 bits per heavy atom. The molecule has 0 atom stereocenters. The van der Waals surface area contributed by atoms with E-state index in [-0.39, 0.29) is 0 Å². The van der Waals surface area contributed by atoms with E-state index >= 15 is 0 Å². The molecule has 1 aromatic rings. The van der Waals surface area contributed by atoms with Crippen LogP contribution in [-0.4, -0.2) is 19.7 Å². The van der Waals surface area contributed by atoms with Crippen LogP contribution in [0, 0.1) is 6.92 Å². The molecule has 0 fully saturated rings. The van der Waals surface area contributed by atoms with Crippen LogP contribution in [0.5, 0.6) is 5.75 Å². The normalized spacial score (nSPS) is 10.6. The second-order valence-corrected chi connectivity index (χ2v) is 4.52. The molecule has 94 valence electrons. The summed E-state index contributed by atoms with van der Waals surface area (Å²) in [5, 5.41) is 3.22. The number of hydrogen-bond acceptors (Lipinski definition) is 2. The molecule has 0 saturated heterocycles. The van der Waals surface area contributed by atoms with Crippen molar-refractivity contribution in [3.63, 3.8) is 0 Å². The van der Waals surface area contributed by atoms with E-state index in [1.807, 2.05) is 6.08 Å². The van der Waals surface area contributed by atoms with Crippen molar-refractivity contribution in [1.29, 1.82) is 0 Å². The number of ether oxygens (including phenoxy) is 1. The molecule has 0 aliphatic carbocycles. The monoisotopic (exact) mass is 233 g/mol. The van der Waals surface area contributed by atoms with Gasteiger partial charge in [-0.3, -0.25) is 0 Å². The van der Waals surface area contributed by atoms with Crippen molar-refractivity contribution in [2.24, 2.45) is 0 Å². The lowest BCUT2D eigenvalue weighted by molar-refractivity contribution is 0.314. The molecule has 0 unspecified atom stereocenters. The fraction of sp³-hybridized carbons (Fsp3) is 0.467. The molecule has 0 spiro atoms.